The molecule has 0 atom stereocenters. The van der Waals surface area contributed by atoms with Gasteiger partial charge < -0.3 is 10.4 Å². The van der Waals surface area contributed by atoms with Gasteiger partial charge in [-0.3, -0.25) is 0 Å². The Morgan fingerprint density at radius 3 is 2.26 bits per heavy atom. The van der Waals surface area contributed by atoms with Crippen LogP contribution in [-0.4, -0.2) is 5.11 Å². The predicted molar refractivity (Wildman–Crippen MR) is 78.8 cm³/mol. The first-order chi connectivity index (χ1) is 9.20. The van der Waals surface area contributed by atoms with Gasteiger partial charge in [-0.2, -0.15) is 0 Å². The highest BCUT2D eigenvalue weighted by molar-refractivity contribution is 5.33. The molecule has 2 N–H and O–H groups in total. The molecule has 0 fully saturated rings. The summed E-state index contributed by atoms with van der Waals surface area (Å²) in [4.78, 5) is 0. The Balaban J connectivity index is 1.90. The molecule has 0 unspecified atom stereocenters. The Hall–Kier alpha value is -1.64. The summed E-state index contributed by atoms with van der Waals surface area (Å²) in [6.45, 7) is 6.15. The third kappa shape index (κ3) is 3.66. The van der Waals surface area contributed by atoms with Gasteiger partial charge in [-0.05, 0) is 41.7 Å². The Morgan fingerprint density at radius 1 is 0.895 bits per heavy atom. The highest BCUT2D eigenvalue weighted by atomic mass is 16.3. The zero-order valence-corrected chi connectivity index (χ0v) is 11.6. The van der Waals surface area contributed by atoms with Gasteiger partial charge in [-0.1, -0.05) is 42.5 Å². The van der Waals surface area contributed by atoms with E-state index in [-0.39, 0.29) is 6.61 Å². The van der Waals surface area contributed by atoms with Crippen molar-refractivity contribution in [1.82, 2.24) is 5.32 Å². The summed E-state index contributed by atoms with van der Waals surface area (Å²) in [7, 11) is 0. The minimum atomic E-state index is 0.107. The van der Waals surface area contributed by atoms with E-state index in [0.29, 0.717) is 0 Å². The molecule has 0 saturated carbocycles. The number of rotatable bonds is 5. The van der Waals surface area contributed by atoms with Crippen LogP contribution in [-0.2, 0) is 19.7 Å². The second-order valence-electron chi connectivity index (χ2n) is 4.94. The molecular formula is C17H21NO. The summed E-state index contributed by atoms with van der Waals surface area (Å²) in [5.41, 5.74) is 6.25. The van der Waals surface area contributed by atoms with Gasteiger partial charge in [0.1, 0.15) is 0 Å². The van der Waals surface area contributed by atoms with Crippen molar-refractivity contribution in [3.8, 4) is 0 Å². The van der Waals surface area contributed by atoms with Crippen molar-refractivity contribution >= 4 is 0 Å². The van der Waals surface area contributed by atoms with Crippen molar-refractivity contribution in [2.24, 2.45) is 0 Å². The second-order valence-corrected chi connectivity index (χ2v) is 4.94. The molecule has 2 aromatic rings. The molecule has 2 heteroatoms. The van der Waals surface area contributed by atoms with E-state index in [4.69, 9.17) is 5.11 Å². The topological polar surface area (TPSA) is 32.3 Å². The van der Waals surface area contributed by atoms with Crippen LogP contribution in [0.2, 0.25) is 0 Å². The van der Waals surface area contributed by atoms with Crippen LogP contribution >= 0.6 is 0 Å². The smallest absolute Gasteiger partial charge is 0.0681 e. The lowest BCUT2D eigenvalue weighted by atomic mass is 10.0. The number of aliphatic hydroxyl groups is 1. The van der Waals surface area contributed by atoms with Crippen LogP contribution in [0.25, 0.3) is 0 Å². The van der Waals surface area contributed by atoms with Gasteiger partial charge in [-0.15, -0.1) is 0 Å². The van der Waals surface area contributed by atoms with Gasteiger partial charge in [-0.25, -0.2) is 0 Å². The Labute approximate surface area is 115 Å². The first-order valence-corrected chi connectivity index (χ1v) is 6.65. The van der Waals surface area contributed by atoms with Gasteiger partial charge in [0.05, 0.1) is 6.61 Å². The average Bonchev–Trinajstić information content (AvgIpc) is 2.44. The largest absolute Gasteiger partial charge is 0.392 e. The van der Waals surface area contributed by atoms with Crippen LogP contribution in [0.15, 0.2) is 42.5 Å². The van der Waals surface area contributed by atoms with Crippen molar-refractivity contribution in [1.29, 1.82) is 0 Å². The highest BCUT2D eigenvalue weighted by Gasteiger charge is 2.00. The van der Waals surface area contributed by atoms with Gasteiger partial charge >= 0.3 is 0 Å². The average molecular weight is 255 g/mol. The number of hydrogen-bond donors (Lipinski definition) is 2. The van der Waals surface area contributed by atoms with E-state index in [9.17, 15) is 0 Å². The van der Waals surface area contributed by atoms with Crippen LogP contribution < -0.4 is 5.32 Å². The predicted octanol–water partition coefficient (Wildman–Crippen LogP) is 3.09. The first-order valence-electron chi connectivity index (χ1n) is 6.65. The standard InChI is InChI=1S/C17H21NO/c1-13-4-3-5-17(14(13)2)11-18-10-15-6-8-16(12-19)9-7-15/h3-9,18-19H,10-12H2,1-2H3. The summed E-state index contributed by atoms with van der Waals surface area (Å²) in [5, 5.41) is 12.5. The fourth-order valence-corrected chi connectivity index (χ4v) is 2.11. The lowest BCUT2D eigenvalue weighted by molar-refractivity contribution is 0.282. The molecule has 0 radical (unpaired) electrons. The summed E-state index contributed by atoms with van der Waals surface area (Å²) in [6, 6.07) is 14.5. The molecule has 0 aliphatic carbocycles. The number of hydrogen-bond acceptors (Lipinski definition) is 2. The number of aliphatic hydroxyl groups excluding tert-OH is 1. The molecule has 0 heterocycles. The van der Waals surface area contributed by atoms with Gasteiger partial charge in [0.25, 0.3) is 0 Å². The van der Waals surface area contributed by atoms with E-state index in [1.807, 2.05) is 12.1 Å². The summed E-state index contributed by atoms with van der Waals surface area (Å²) < 4.78 is 0. The summed E-state index contributed by atoms with van der Waals surface area (Å²) in [5.74, 6) is 0. The number of nitrogens with one attached hydrogen (secondary N) is 1. The molecule has 2 nitrogen and oxygen atoms in total. The van der Waals surface area contributed by atoms with Gasteiger partial charge in [0.2, 0.25) is 0 Å². The Morgan fingerprint density at radius 2 is 1.58 bits per heavy atom. The lowest BCUT2D eigenvalue weighted by Crippen LogP contribution is -2.13. The second kappa shape index (κ2) is 6.50. The zero-order chi connectivity index (χ0) is 13.7. The van der Waals surface area contributed by atoms with Gasteiger partial charge in [0, 0.05) is 13.1 Å². The third-order valence-corrected chi connectivity index (χ3v) is 3.57. The van der Waals surface area contributed by atoms with Gasteiger partial charge in [0.15, 0.2) is 0 Å². The fourth-order valence-electron chi connectivity index (χ4n) is 2.11. The van der Waals surface area contributed by atoms with E-state index in [0.717, 1.165) is 18.7 Å². The molecule has 0 aromatic heterocycles. The van der Waals surface area contributed by atoms with Crippen LogP contribution in [0.5, 0.6) is 0 Å². The van der Waals surface area contributed by atoms with Crippen LogP contribution in [0.3, 0.4) is 0 Å². The molecule has 100 valence electrons. The highest BCUT2D eigenvalue weighted by Crippen LogP contribution is 2.12. The minimum absolute atomic E-state index is 0.107. The summed E-state index contributed by atoms with van der Waals surface area (Å²) >= 11 is 0. The summed E-state index contributed by atoms with van der Waals surface area (Å²) in [6.07, 6.45) is 0. The zero-order valence-electron chi connectivity index (χ0n) is 11.6. The SMILES string of the molecule is Cc1cccc(CNCc2ccc(CO)cc2)c1C. The van der Waals surface area contributed by atoms with Crippen LogP contribution in [0.1, 0.15) is 27.8 Å². The monoisotopic (exact) mass is 255 g/mol. The van der Waals surface area contributed by atoms with E-state index in [2.05, 4.69) is 49.5 Å². The fraction of sp³-hybridized carbons (Fsp3) is 0.294. The molecule has 0 bridgehead atoms. The van der Waals surface area contributed by atoms with Crippen LogP contribution in [0, 0.1) is 13.8 Å². The molecule has 0 spiro atoms. The van der Waals surface area contributed by atoms with E-state index < -0.39 is 0 Å². The third-order valence-electron chi connectivity index (χ3n) is 3.57. The molecular weight excluding hydrogens is 234 g/mol. The molecule has 0 saturated heterocycles. The Kier molecular flexibility index (Phi) is 4.72. The van der Waals surface area contributed by atoms with Crippen molar-refractivity contribution in [3.63, 3.8) is 0 Å². The molecule has 19 heavy (non-hydrogen) atoms. The molecule has 0 aliphatic rings. The van der Waals surface area contributed by atoms with E-state index >= 15 is 0 Å². The van der Waals surface area contributed by atoms with E-state index in [1.54, 1.807) is 0 Å². The first kappa shape index (κ1) is 13.8. The lowest BCUT2D eigenvalue weighted by Gasteiger charge is -2.10. The molecule has 2 aromatic carbocycles. The maximum Gasteiger partial charge on any atom is 0.0681 e. The van der Waals surface area contributed by atoms with Crippen molar-refractivity contribution < 1.29 is 5.11 Å². The quantitative estimate of drug-likeness (QED) is 0.860. The maximum absolute atomic E-state index is 8.99. The molecule has 0 aliphatic heterocycles. The van der Waals surface area contributed by atoms with Crippen molar-refractivity contribution in [2.45, 2.75) is 33.5 Å². The van der Waals surface area contributed by atoms with Crippen molar-refractivity contribution in [3.05, 3.63) is 70.3 Å². The maximum atomic E-state index is 8.99. The normalized spacial score (nSPS) is 10.7. The molecule has 0 amide bonds. The van der Waals surface area contributed by atoms with Crippen LogP contribution in [0.4, 0.5) is 0 Å². The molecule has 2 rings (SSSR count). The van der Waals surface area contributed by atoms with E-state index in [1.165, 1.54) is 22.3 Å². The number of benzene rings is 2. The number of aryl methyl sites for hydroxylation is 1. The van der Waals surface area contributed by atoms with Crippen molar-refractivity contribution in [2.75, 3.05) is 0 Å². The minimum Gasteiger partial charge on any atom is -0.392 e. The Bertz CT molecular complexity index is 531.